The van der Waals surface area contributed by atoms with Gasteiger partial charge in [0.05, 0.1) is 12.9 Å². The second kappa shape index (κ2) is 6.25. The van der Waals surface area contributed by atoms with Crippen molar-refractivity contribution in [2.75, 3.05) is 25.2 Å². The van der Waals surface area contributed by atoms with Crippen molar-refractivity contribution >= 4 is 15.8 Å². The minimum atomic E-state index is -3.64. The van der Waals surface area contributed by atoms with Gasteiger partial charge in [0.25, 0.3) is 0 Å². The molecule has 0 aliphatic carbocycles. The Bertz CT molecular complexity index is 508. The van der Waals surface area contributed by atoms with E-state index in [-0.39, 0.29) is 12.4 Å². The van der Waals surface area contributed by atoms with Crippen molar-refractivity contribution in [2.45, 2.75) is 0 Å². The van der Waals surface area contributed by atoms with E-state index in [0.717, 1.165) is 0 Å². The van der Waals surface area contributed by atoms with Crippen molar-refractivity contribution in [2.24, 2.45) is 0 Å². The van der Waals surface area contributed by atoms with E-state index in [1.165, 1.54) is 7.11 Å². The summed E-state index contributed by atoms with van der Waals surface area (Å²) in [5.41, 5.74) is 0. The van der Waals surface area contributed by atoms with Crippen molar-refractivity contribution in [1.82, 2.24) is 0 Å². The molecule has 0 bridgehead atoms. The summed E-state index contributed by atoms with van der Waals surface area (Å²) in [6.07, 6.45) is 0. The summed E-state index contributed by atoms with van der Waals surface area (Å²) in [6.45, 7) is -0.115. The number of carbonyl (C=O) groups is 1. The average Bonchev–Trinajstić information content (AvgIpc) is 2.27. The maximum absolute atomic E-state index is 11.3. The Labute approximate surface area is 105 Å². The van der Waals surface area contributed by atoms with Crippen LogP contribution in [0.25, 0.3) is 0 Å². The number of benzene rings is 1. The van der Waals surface area contributed by atoms with Gasteiger partial charge in [0.1, 0.15) is 12.4 Å². The summed E-state index contributed by atoms with van der Waals surface area (Å²) >= 11 is 0. The maximum Gasteiger partial charge on any atom is 0.318 e. The molecule has 0 aliphatic rings. The van der Waals surface area contributed by atoms with Crippen molar-refractivity contribution in [3.8, 4) is 11.5 Å². The first kappa shape index (κ1) is 14.3. The van der Waals surface area contributed by atoms with E-state index >= 15 is 0 Å². The lowest BCUT2D eigenvalue weighted by atomic mass is 10.3. The standard InChI is InChI=1S/C11H14O6S/c1-16-9-4-2-3-5-10(9)17-6-7-18(14,15)8-11(12)13/h2-5H,6-8H2,1H3,(H,12,13). The normalized spacial score (nSPS) is 10.9. The monoisotopic (exact) mass is 274 g/mol. The number of methoxy groups -OCH3 is 1. The van der Waals surface area contributed by atoms with Crippen LogP contribution in [0.2, 0.25) is 0 Å². The molecule has 0 radical (unpaired) electrons. The van der Waals surface area contributed by atoms with Gasteiger partial charge in [0.2, 0.25) is 0 Å². The summed E-state index contributed by atoms with van der Waals surface area (Å²) in [5, 5.41) is 8.41. The quantitative estimate of drug-likeness (QED) is 0.782. The zero-order valence-electron chi connectivity index (χ0n) is 9.83. The molecule has 0 saturated heterocycles. The second-order valence-electron chi connectivity index (χ2n) is 3.49. The lowest BCUT2D eigenvalue weighted by Gasteiger charge is -2.09. The number of carboxylic acids is 1. The van der Waals surface area contributed by atoms with Gasteiger partial charge in [-0.2, -0.15) is 0 Å². The molecular formula is C11H14O6S. The Morgan fingerprint density at radius 2 is 1.89 bits per heavy atom. The fourth-order valence-electron chi connectivity index (χ4n) is 1.28. The van der Waals surface area contributed by atoms with E-state index in [9.17, 15) is 13.2 Å². The van der Waals surface area contributed by atoms with E-state index in [1.807, 2.05) is 0 Å². The van der Waals surface area contributed by atoms with Crippen LogP contribution < -0.4 is 9.47 Å². The van der Waals surface area contributed by atoms with Crippen molar-refractivity contribution in [1.29, 1.82) is 0 Å². The third-order valence-electron chi connectivity index (χ3n) is 2.06. The van der Waals surface area contributed by atoms with Crippen LogP contribution in [0.1, 0.15) is 0 Å². The van der Waals surface area contributed by atoms with E-state index in [1.54, 1.807) is 24.3 Å². The van der Waals surface area contributed by atoms with Gasteiger partial charge in [-0.25, -0.2) is 8.42 Å². The van der Waals surface area contributed by atoms with Gasteiger partial charge in [0, 0.05) is 0 Å². The molecule has 18 heavy (non-hydrogen) atoms. The van der Waals surface area contributed by atoms with E-state index in [4.69, 9.17) is 14.6 Å². The largest absolute Gasteiger partial charge is 0.493 e. The molecule has 1 rings (SSSR count). The maximum atomic E-state index is 11.3. The highest BCUT2D eigenvalue weighted by Gasteiger charge is 2.16. The van der Waals surface area contributed by atoms with E-state index in [0.29, 0.717) is 11.5 Å². The van der Waals surface area contributed by atoms with Crippen LogP contribution >= 0.6 is 0 Å². The molecule has 0 aromatic heterocycles. The Morgan fingerprint density at radius 3 is 2.44 bits per heavy atom. The molecule has 6 nitrogen and oxygen atoms in total. The molecule has 0 heterocycles. The van der Waals surface area contributed by atoms with Crippen LogP contribution in [0.5, 0.6) is 11.5 Å². The molecule has 0 atom stereocenters. The van der Waals surface area contributed by atoms with Gasteiger partial charge in [-0.05, 0) is 12.1 Å². The smallest absolute Gasteiger partial charge is 0.318 e. The Morgan fingerprint density at radius 1 is 1.28 bits per heavy atom. The molecule has 1 aromatic carbocycles. The number of aliphatic carboxylic acids is 1. The van der Waals surface area contributed by atoms with Crippen LogP contribution in [0.15, 0.2) is 24.3 Å². The number of hydrogen-bond acceptors (Lipinski definition) is 5. The highest BCUT2D eigenvalue weighted by molar-refractivity contribution is 7.92. The van der Waals surface area contributed by atoms with Gasteiger partial charge in [-0.3, -0.25) is 4.79 Å². The molecule has 0 fully saturated rings. The highest BCUT2D eigenvalue weighted by Crippen LogP contribution is 2.25. The molecular weight excluding hydrogens is 260 g/mol. The minimum absolute atomic E-state index is 0.115. The predicted octanol–water partition coefficient (Wildman–Crippen LogP) is 0.573. The molecule has 7 heteroatoms. The number of carboxylic acid groups (broad SMARTS) is 1. The Balaban J connectivity index is 2.54. The number of rotatable bonds is 7. The first-order chi connectivity index (χ1) is 8.44. The van der Waals surface area contributed by atoms with Crippen LogP contribution in [0.4, 0.5) is 0 Å². The fraction of sp³-hybridized carbons (Fsp3) is 0.364. The van der Waals surface area contributed by atoms with Gasteiger partial charge < -0.3 is 14.6 Å². The van der Waals surface area contributed by atoms with Crippen molar-refractivity contribution in [3.05, 3.63) is 24.3 Å². The lowest BCUT2D eigenvalue weighted by Crippen LogP contribution is -2.22. The Hall–Kier alpha value is -1.76. The van der Waals surface area contributed by atoms with E-state index in [2.05, 4.69) is 0 Å². The predicted molar refractivity (Wildman–Crippen MR) is 64.8 cm³/mol. The van der Waals surface area contributed by atoms with Crippen molar-refractivity contribution in [3.63, 3.8) is 0 Å². The van der Waals surface area contributed by atoms with Gasteiger partial charge in [-0.1, -0.05) is 12.1 Å². The van der Waals surface area contributed by atoms with Gasteiger partial charge in [0.15, 0.2) is 21.3 Å². The molecule has 0 spiro atoms. The highest BCUT2D eigenvalue weighted by atomic mass is 32.2. The Kier molecular flexibility index (Phi) is 4.96. The van der Waals surface area contributed by atoms with Crippen molar-refractivity contribution < 1.29 is 27.8 Å². The number of sulfone groups is 1. The topological polar surface area (TPSA) is 89.9 Å². The third-order valence-corrected chi connectivity index (χ3v) is 3.54. The minimum Gasteiger partial charge on any atom is -0.493 e. The molecule has 0 aliphatic heterocycles. The van der Waals surface area contributed by atoms with Gasteiger partial charge in [-0.15, -0.1) is 0 Å². The van der Waals surface area contributed by atoms with E-state index < -0.39 is 21.6 Å². The molecule has 100 valence electrons. The number of hydrogen-bond donors (Lipinski definition) is 1. The summed E-state index contributed by atoms with van der Waals surface area (Å²) in [6, 6.07) is 6.81. The summed E-state index contributed by atoms with van der Waals surface area (Å²) in [5.74, 6) is -1.69. The van der Waals surface area contributed by atoms with Crippen LogP contribution in [0, 0.1) is 0 Å². The summed E-state index contributed by atoms with van der Waals surface area (Å²) in [4.78, 5) is 10.3. The average molecular weight is 274 g/mol. The second-order valence-corrected chi connectivity index (χ2v) is 5.67. The molecule has 0 amide bonds. The SMILES string of the molecule is COc1ccccc1OCCS(=O)(=O)CC(=O)O. The zero-order chi connectivity index (χ0) is 13.6. The zero-order valence-corrected chi connectivity index (χ0v) is 10.6. The van der Waals surface area contributed by atoms with Crippen LogP contribution in [-0.2, 0) is 14.6 Å². The molecule has 0 unspecified atom stereocenters. The molecule has 1 N–H and O–H groups in total. The van der Waals surface area contributed by atoms with Gasteiger partial charge >= 0.3 is 5.97 Å². The summed E-state index contributed by atoms with van der Waals surface area (Å²) < 4.78 is 32.9. The van der Waals surface area contributed by atoms with Crippen LogP contribution in [0.3, 0.4) is 0 Å². The van der Waals surface area contributed by atoms with Crippen LogP contribution in [-0.4, -0.2) is 44.7 Å². The molecule has 1 aromatic rings. The number of para-hydroxylation sites is 2. The fourth-order valence-corrected chi connectivity index (χ4v) is 2.13. The number of ether oxygens (including phenoxy) is 2. The first-order valence-electron chi connectivity index (χ1n) is 5.12. The summed E-state index contributed by atoms with van der Waals surface area (Å²) in [7, 11) is -2.16. The third kappa shape index (κ3) is 4.62. The molecule has 0 saturated carbocycles. The lowest BCUT2D eigenvalue weighted by molar-refractivity contribution is -0.134. The first-order valence-corrected chi connectivity index (χ1v) is 6.95.